The van der Waals surface area contributed by atoms with Crippen molar-refractivity contribution >= 4 is 24.8 Å². The van der Waals surface area contributed by atoms with Crippen LogP contribution in [0.15, 0.2) is 42.0 Å². The molecule has 118 valence electrons. The molecular formula is C12H10Cl2F6Zr. The summed E-state index contributed by atoms with van der Waals surface area (Å²) in [6.07, 6.45) is -3.96. The predicted octanol–water partition coefficient (Wildman–Crippen LogP) is 5.47. The first-order valence-electron chi connectivity index (χ1n) is 5.40. The van der Waals surface area contributed by atoms with Gasteiger partial charge in [-0.3, -0.25) is 0 Å². The number of hydrogen-bond acceptors (Lipinski definition) is 0. The molecule has 0 aliphatic heterocycles. The molecule has 0 saturated carbocycles. The van der Waals surface area contributed by atoms with E-state index in [2.05, 4.69) is 0 Å². The zero-order valence-electron chi connectivity index (χ0n) is 10.3. The average molecular weight is 430 g/mol. The summed E-state index contributed by atoms with van der Waals surface area (Å²) in [7, 11) is 0. The van der Waals surface area contributed by atoms with Crippen LogP contribution in [0.3, 0.4) is 0 Å². The van der Waals surface area contributed by atoms with Crippen molar-refractivity contribution < 1.29 is 49.6 Å². The van der Waals surface area contributed by atoms with Gasteiger partial charge in [0.15, 0.2) is 0 Å². The van der Waals surface area contributed by atoms with Gasteiger partial charge in [-0.15, -0.1) is 24.8 Å². The molecule has 0 bridgehead atoms. The zero-order valence-corrected chi connectivity index (χ0v) is 14.4. The van der Waals surface area contributed by atoms with Crippen LogP contribution in [0.5, 0.6) is 0 Å². The van der Waals surface area contributed by atoms with Crippen molar-refractivity contribution in [1.82, 2.24) is 0 Å². The van der Waals surface area contributed by atoms with Gasteiger partial charge in [-0.05, 0) is 0 Å². The Bertz CT molecular complexity index is 465. The van der Waals surface area contributed by atoms with Crippen molar-refractivity contribution in [2.24, 2.45) is 0 Å². The molecule has 9 heteroatoms. The molecule has 0 atom stereocenters. The van der Waals surface area contributed by atoms with Crippen molar-refractivity contribution in [1.29, 1.82) is 0 Å². The number of hydrogen-bond donors (Lipinski definition) is 0. The third kappa shape index (κ3) is 5.00. The van der Waals surface area contributed by atoms with Crippen molar-refractivity contribution in [2.75, 3.05) is 0 Å². The molecule has 0 heterocycles. The monoisotopic (exact) mass is 428 g/mol. The average Bonchev–Trinajstić information content (AvgIpc) is 2.83. The summed E-state index contributed by atoms with van der Waals surface area (Å²) in [5.41, 5.74) is -1.47. The normalized spacial score (nSPS) is 18.0. The Hall–Kier alpha value is 0.00312. The minimum atomic E-state index is -4.46. The van der Waals surface area contributed by atoms with Gasteiger partial charge in [0.2, 0.25) is 0 Å². The second-order valence-electron chi connectivity index (χ2n) is 4.12. The molecule has 2 aliphatic rings. The van der Waals surface area contributed by atoms with Gasteiger partial charge >= 0.3 is 117 Å². The summed E-state index contributed by atoms with van der Waals surface area (Å²) >= 11 is -2.01. The topological polar surface area (TPSA) is 0 Å². The summed E-state index contributed by atoms with van der Waals surface area (Å²) in [6, 6.07) is 0. The standard InChI is InChI=1S/2C6H4F3.2ClH.Zr/c2*7-6(8,9)5-3-1-2-4-5;;;/h2*1,3H,2H2;2*1H;. The summed E-state index contributed by atoms with van der Waals surface area (Å²) in [6.45, 7) is 0. The van der Waals surface area contributed by atoms with Crippen LogP contribution in [-0.4, -0.2) is 12.4 Å². The number of halogens is 8. The Balaban J connectivity index is 0.00000200. The summed E-state index contributed by atoms with van der Waals surface area (Å²) in [5.74, 6) is 0. The van der Waals surface area contributed by atoms with Crippen LogP contribution in [0.25, 0.3) is 0 Å². The van der Waals surface area contributed by atoms with E-state index in [0.29, 0.717) is 0 Å². The third-order valence-corrected chi connectivity index (χ3v) is 6.59. The van der Waals surface area contributed by atoms with E-state index in [4.69, 9.17) is 0 Å². The van der Waals surface area contributed by atoms with E-state index in [0.717, 1.165) is 12.2 Å². The van der Waals surface area contributed by atoms with Crippen LogP contribution in [0, 0.1) is 0 Å². The van der Waals surface area contributed by atoms with E-state index < -0.39 is 46.7 Å². The molecule has 0 aromatic carbocycles. The Labute approximate surface area is 141 Å². The molecule has 0 amide bonds. The van der Waals surface area contributed by atoms with Crippen LogP contribution in [0.1, 0.15) is 12.8 Å². The Morgan fingerprint density at radius 3 is 1.33 bits per heavy atom. The third-order valence-electron chi connectivity index (χ3n) is 2.78. The fourth-order valence-corrected chi connectivity index (χ4v) is 5.71. The first-order chi connectivity index (χ1) is 8.69. The number of allylic oxidation sites excluding steroid dienone is 8. The van der Waals surface area contributed by atoms with Crippen LogP contribution in [0.2, 0.25) is 0 Å². The number of alkyl halides is 6. The van der Waals surface area contributed by atoms with E-state index in [-0.39, 0.29) is 44.2 Å². The van der Waals surface area contributed by atoms with Crippen LogP contribution in [-0.2, 0) is 23.2 Å². The van der Waals surface area contributed by atoms with E-state index in [9.17, 15) is 26.3 Å². The van der Waals surface area contributed by atoms with E-state index >= 15 is 0 Å². The zero-order chi connectivity index (χ0) is 14.3. The first kappa shape index (κ1) is 21.0. The molecule has 0 fully saturated rings. The van der Waals surface area contributed by atoms with Gasteiger partial charge in [0.25, 0.3) is 0 Å². The molecule has 0 nitrogen and oxygen atoms in total. The molecule has 0 unspecified atom stereocenters. The van der Waals surface area contributed by atoms with Gasteiger partial charge < -0.3 is 0 Å². The summed E-state index contributed by atoms with van der Waals surface area (Å²) < 4.78 is 76.4. The molecule has 0 radical (unpaired) electrons. The molecule has 0 aromatic rings. The predicted molar refractivity (Wildman–Crippen MR) is 68.2 cm³/mol. The Morgan fingerprint density at radius 2 is 1.05 bits per heavy atom. The summed E-state index contributed by atoms with van der Waals surface area (Å²) in [4.78, 5) is 0. The molecule has 2 aliphatic carbocycles. The first-order valence-corrected chi connectivity index (χ1v) is 7.86. The van der Waals surface area contributed by atoms with E-state index in [1.807, 2.05) is 0 Å². The second-order valence-corrected chi connectivity index (χ2v) is 7.70. The maximum absolute atomic E-state index is 12.7. The Morgan fingerprint density at radius 1 is 0.714 bits per heavy atom. The van der Waals surface area contributed by atoms with Gasteiger partial charge in [0.05, 0.1) is 0 Å². The maximum atomic E-state index is 12.7. The van der Waals surface area contributed by atoms with E-state index in [1.54, 1.807) is 0 Å². The van der Waals surface area contributed by atoms with Crippen molar-refractivity contribution in [3.8, 4) is 0 Å². The van der Waals surface area contributed by atoms with Crippen molar-refractivity contribution in [3.05, 3.63) is 42.0 Å². The summed E-state index contributed by atoms with van der Waals surface area (Å²) in [5, 5.41) is 0. The minimum absolute atomic E-state index is 0. The van der Waals surface area contributed by atoms with Crippen LogP contribution in [0.4, 0.5) is 26.3 Å². The van der Waals surface area contributed by atoms with Gasteiger partial charge in [0.1, 0.15) is 0 Å². The second kappa shape index (κ2) is 7.52. The molecule has 0 N–H and O–H groups in total. The molecule has 2 rings (SSSR count). The van der Waals surface area contributed by atoms with Crippen molar-refractivity contribution in [3.63, 3.8) is 0 Å². The Kier molecular flexibility index (Phi) is 7.52. The van der Waals surface area contributed by atoms with Crippen molar-refractivity contribution in [2.45, 2.75) is 25.2 Å². The van der Waals surface area contributed by atoms with Gasteiger partial charge in [-0.2, -0.15) is 0 Å². The SMILES string of the molecule is Cl.Cl.FC(F)(F)C1=[C]([Zr][C]2=C(C(F)(F)F)C=CC2)CC=C1. The fourth-order valence-electron chi connectivity index (χ4n) is 1.96. The molecular weight excluding hydrogens is 420 g/mol. The fraction of sp³-hybridized carbons (Fsp3) is 0.333. The van der Waals surface area contributed by atoms with Gasteiger partial charge in [-0.25, -0.2) is 0 Å². The van der Waals surface area contributed by atoms with Crippen LogP contribution >= 0.6 is 24.8 Å². The van der Waals surface area contributed by atoms with E-state index in [1.165, 1.54) is 12.2 Å². The molecule has 0 aromatic heterocycles. The quantitative estimate of drug-likeness (QED) is 0.510. The van der Waals surface area contributed by atoms with Gasteiger partial charge in [-0.1, -0.05) is 0 Å². The molecule has 0 spiro atoms. The number of rotatable bonds is 2. The molecule has 0 saturated heterocycles. The molecule has 21 heavy (non-hydrogen) atoms. The van der Waals surface area contributed by atoms with Gasteiger partial charge in [0, 0.05) is 0 Å². The van der Waals surface area contributed by atoms with Crippen LogP contribution < -0.4 is 0 Å².